The predicted octanol–water partition coefficient (Wildman–Crippen LogP) is 2.86. The molecular weight excluding hydrogens is 312 g/mol. The fourth-order valence-electron chi connectivity index (χ4n) is 2.74. The summed E-state index contributed by atoms with van der Waals surface area (Å²) in [5.41, 5.74) is 2.31. The number of nitrogens with one attached hydrogen (secondary N) is 2. The highest BCUT2D eigenvalue weighted by Crippen LogP contribution is 2.10. The maximum absolute atomic E-state index is 11.8. The molecule has 25 heavy (non-hydrogen) atoms. The molecule has 0 saturated heterocycles. The molecule has 0 fully saturated rings. The Morgan fingerprint density at radius 2 is 1.88 bits per heavy atom. The average molecular weight is 340 g/mol. The third-order valence-electron chi connectivity index (χ3n) is 4.25. The first-order valence-electron chi connectivity index (χ1n) is 8.80. The fourth-order valence-corrected chi connectivity index (χ4v) is 2.74. The number of nitrogens with zero attached hydrogens (tertiary/aromatic N) is 2. The lowest BCUT2D eigenvalue weighted by Crippen LogP contribution is -2.39. The van der Waals surface area contributed by atoms with Crippen molar-refractivity contribution >= 4 is 5.96 Å². The number of guanidine groups is 1. The number of aromatic nitrogens is 1. The Balaban J connectivity index is 1.74. The molecule has 5 heteroatoms. The quantitative estimate of drug-likeness (QED) is 0.463. The van der Waals surface area contributed by atoms with E-state index in [1.807, 2.05) is 35.8 Å². The minimum atomic E-state index is 0.0714. The zero-order chi connectivity index (χ0) is 18.1. The van der Waals surface area contributed by atoms with Gasteiger partial charge >= 0.3 is 0 Å². The van der Waals surface area contributed by atoms with Crippen molar-refractivity contribution in [3.8, 4) is 0 Å². The van der Waals surface area contributed by atoms with Gasteiger partial charge in [0, 0.05) is 31.9 Å². The molecule has 1 aromatic carbocycles. The van der Waals surface area contributed by atoms with Crippen LogP contribution in [0.25, 0.3) is 0 Å². The first-order valence-corrected chi connectivity index (χ1v) is 8.80. The third kappa shape index (κ3) is 5.78. The predicted molar refractivity (Wildman–Crippen MR) is 104 cm³/mol. The molecule has 2 rings (SSSR count). The number of aliphatic imine (C=N–C) groups is 1. The normalized spacial score (nSPS) is 12.7. The monoisotopic (exact) mass is 340 g/mol. The standard InChI is InChI=1S/C20H28N4O/c1-16-10-9-13-19(25)24(16)15-8-7-14-22-20(21-3)23-17(2)18-11-5-4-6-12-18/h4-6,9-13,17H,7-8,14-15H2,1-3H3,(H2,21,22,23). The summed E-state index contributed by atoms with van der Waals surface area (Å²) in [5.74, 6) is 0.796. The van der Waals surface area contributed by atoms with E-state index in [4.69, 9.17) is 0 Å². The highest BCUT2D eigenvalue weighted by molar-refractivity contribution is 5.80. The second-order valence-corrected chi connectivity index (χ2v) is 6.14. The van der Waals surface area contributed by atoms with Crippen LogP contribution in [0.1, 0.15) is 37.1 Å². The van der Waals surface area contributed by atoms with Gasteiger partial charge in [0.15, 0.2) is 5.96 Å². The summed E-state index contributed by atoms with van der Waals surface area (Å²) < 4.78 is 1.82. The van der Waals surface area contributed by atoms with E-state index in [0.717, 1.165) is 37.6 Å². The molecule has 0 aliphatic carbocycles. The lowest BCUT2D eigenvalue weighted by molar-refractivity contribution is 0.572. The van der Waals surface area contributed by atoms with E-state index >= 15 is 0 Å². The van der Waals surface area contributed by atoms with Crippen molar-refractivity contribution in [1.29, 1.82) is 0 Å². The van der Waals surface area contributed by atoms with Crippen LogP contribution in [0.2, 0.25) is 0 Å². The zero-order valence-corrected chi connectivity index (χ0v) is 15.3. The molecular formula is C20H28N4O. The van der Waals surface area contributed by atoms with Gasteiger partial charge in [0.2, 0.25) is 0 Å². The van der Waals surface area contributed by atoms with Crippen LogP contribution in [0.3, 0.4) is 0 Å². The number of hydrogen-bond acceptors (Lipinski definition) is 2. The van der Waals surface area contributed by atoms with Crippen LogP contribution in [0.4, 0.5) is 0 Å². The van der Waals surface area contributed by atoms with Crippen LogP contribution in [0.5, 0.6) is 0 Å². The molecule has 0 radical (unpaired) electrons. The van der Waals surface area contributed by atoms with E-state index in [0.29, 0.717) is 0 Å². The van der Waals surface area contributed by atoms with Gasteiger partial charge in [-0.2, -0.15) is 0 Å². The van der Waals surface area contributed by atoms with E-state index in [2.05, 4.69) is 34.7 Å². The van der Waals surface area contributed by atoms with Gasteiger partial charge in [0.1, 0.15) is 0 Å². The Labute approximate surface area is 149 Å². The Bertz CT molecular complexity index is 737. The fraction of sp³-hybridized carbons (Fsp3) is 0.400. The van der Waals surface area contributed by atoms with Crippen molar-refractivity contribution in [2.45, 2.75) is 39.3 Å². The molecule has 5 nitrogen and oxygen atoms in total. The largest absolute Gasteiger partial charge is 0.356 e. The number of benzene rings is 1. The average Bonchev–Trinajstić information content (AvgIpc) is 2.63. The van der Waals surface area contributed by atoms with E-state index in [9.17, 15) is 4.79 Å². The third-order valence-corrected chi connectivity index (χ3v) is 4.25. The van der Waals surface area contributed by atoms with Gasteiger partial charge in [0.25, 0.3) is 5.56 Å². The van der Waals surface area contributed by atoms with E-state index in [-0.39, 0.29) is 11.6 Å². The van der Waals surface area contributed by atoms with Gasteiger partial charge in [-0.05, 0) is 38.3 Å². The molecule has 0 amide bonds. The van der Waals surface area contributed by atoms with Gasteiger partial charge in [-0.1, -0.05) is 36.4 Å². The molecule has 1 heterocycles. The van der Waals surface area contributed by atoms with Crippen LogP contribution in [0, 0.1) is 6.92 Å². The molecule has 2 N–H and O–H groups in total. The van der Waals surface area contributed by atoms with Crippen LogP contribution < -0.4 is 16.2 Å². The number of pyridine rings is 1. The van der Waals surface area contributed by atoms with E-state index < -0.39 is 0 Å². The van der Waals surface area contributed by atoms with Crippen molar-refractivity contribution < 1.29 is 0 Å². The molecule has 0 saturated carbocycles. The lowest BCUT2D eigenvalue weighted by atomic mass is 10.1. The maximum Gasteiger partial charge on any atom is 0.250 e. The van der Waals surface area contributed by atoms with Crippen molar-refractivity contribution in [3.63, 3.8) is 0 Å². The first-order chi connectivity index (χ1) is 12.1. The number of unbranched alkanes of at least 4 members (excludes halogenated alkanes) is 1. The molecule has 0 aliphatic rings. The number of aryl methyl sites for hydroxylation is 1. The molecule has 134 valence electrons. The minimum absolute atomic E-state index is 0.0714. The highest BCUT2D eigenvalue weighted by Gasteiger charge is 2.06. The summed E-state index contributed by atoms with van der Waals surface area (Å²) >= 11 is 0. The second kappa shape index (κ2) is 9.67. The van der Waals surface area contributed by atoms with Crippen LogP contribution in [-0.2, 0) is 6.54 Å². The Morgan fingerprint density at radius 3 is 2.56 bits per heavy atom. The van der Waals surface area contributed by atoms with Crippen molar-refractivity contribution in [3.05, 3.63) is 70.1 Å². The van der Waals surface area contributed by atoms with Gasteiger partial charge in [-0.3, -0.25) is 9.79 Å². The highest BCUT2D eigenvalue weighted by atomic mass is 16.1. The topological polar surface area (TPSA) is 58.4 Å². The summed E-state index contributed by atoms with van der Waals surface area (Å²) in [6.45, 7) is 5.66. The van der Waals surface area contributed by atoms with Crippen molar-refractivity contribution in [1.82, 2.24) is 15.2 Å². The van der Waals surface area contributed by atoms with Gasteiger partial charge in [0.05, 0.1) is 6.04 Å². The summed E-state index contributed by atoms with van der Waals surface area (Å²) in [7, 11) is 1.78. The Kier molecular flexibility index (Phi) is 7.26. The summed E-state index contributed by atoms with van der Waals surface area (Å²) in [4.78, 5) is 16.1. The number of hydrogen-bond donors (Lipinski definition) is 2. The molecule has 2 aromatic rings. The van der Waals surface area contributed by atoms with Crippen LogP contribution >= 0.6 is 0 Å². The molecule has 1 atom stereocenters. The Morgan fingerprint density at radius 1 is 1.12 bits per heavy atom. The van der Waals surface area contributed by atoms with E-state index in [1.54, 1.807) is 19.2 Å². The lowest BCUT2D eigenvalue weighted by Gasteiger charge is -2.18. The SMILES string of the molecule is CN=C(NCCCCn1c(C)cccc1=O)NC(C)c1ccccc1. The molecule has 1 unspecified atom stereocenters. The summed E-state index contributed by atoms with van der Waals surface area (Å²) in [6.07, 6.45) is 1.92. The smallest absolute Gasteiger partial charge is 0.250 e. The van der Waals surface area contributed by atoms with Crippen LogP contribution in [-0.4, -0.2) is 24.1 Å². The number of rotatable bonds is 7. The summed E-state index contributed by atoms with van der Waals surface area (Å²) in [5, 5.41) is 6.73. The molecule has 1 aromatic heterocycles. The molecule has 0 bridgehead atoms. The Hall–Kier alpha value is -2.56. The molecule has 0 aliphatic heterocycles. The van der Waals surface area contributed by atoms with Gasteiger partial charge < -0.3 is 15.2 Å². The van der Waals surface area contributed by atoms with Gasteiger partial charge in [-0.25, -0.2) is 0 Å². The molecule has 0 spiro atoms. The van der Waals surface area contributed by atoms with Crippen molar-refractivity contribution in [2.24, 2.45) is 4.99 Å². The maximum atomic E-state index is 11.8. The minimum Gasteiger partial charge on any atom is -0.356 e. The first kappa shape index (κ1) is 18.8. The zero-order valence-electron chi connectivity index (χ0n) is 15.3. The van der Waals surface area contributed by atoms with E-state index in [1.165, 1.54) is 5.56 Å². The van der Waals surface area contributed by atoms with Crippen molar-refractivity contribution in [2.75, 3.05) is 13.6 Å². The second-order valence-electron chi connectivity index (χ2n) is 6.14. The van der Waals surface area contributed by atoms with Gasteiger partial charge in [-0.15, -0.1) is 0 Å². The van der Waals surface area contributed by atoms with Crippen LogP contribution in [0.15, 0.2) is 58.3 Å². The summed E-state index contributed by atoms with van der Waals surface area (Å²) in [6, 6.07) is 15.9.